The number of benzene rings is 1. The number of thiophene rings is 1. The largest absolute Gasteiger partial charge is 0.314 e. The summed E-state index contributed by atoms with van der Waals surface area (Å²) in [5.41, 5.74) is 1.08. The smallest absolute Gasteiger partial charge is 0.124 e. The summed E-state index contributed by atoms with van der Waals surface area (Å²) in [5.74, 6) is -0.228. The highest BCUT2D eigenvalue weighted by molar-refractivity contribution is 9.10. The highest BCUT2D eigenvalue weighted by atomic mass is 79.9. The van der Waals surface area contributed by atoms with Gasteiger partial charge in [0.2, 0.25) is 0 Å². The summed E-state index contributed by atoms with van der Waals surface area (Å²) in [4.78, 5) is 3.60. The molecule has 2 nitrogen and oxygen atoms in total. The fraction of sp³-hybridized carbons (Fsp3) is 0.333. The molecule has 1 saturated heterocycles. The molecule has 0 aliphatic carbocycles. The van der Waals surface area contributed by atoms with Crippen LogP contribution >= 0.6 is 38.9 Å². The van der Waals surface area contributed by atoms with Crippen molar-refractivity contribution in [3.8, 4) is 0 Å². The molecular weight excluding hydrogens is 375 g/mol. The zero-order valence-corrected chi connectivity index (χ0v) is 14.4. The maximum atomic E-state index is 13.4. The van der Waals surface area contributed by atoms with Crippen LogP contribution in [0.1, 0.15) is 16.5 Å². The molecule has 112 valence electrons. The third-order valence-electron chi connectivity index (χ3n) is 3.64. The van der Waals surface area contributed by atoms with Crippen LogP contribution in [0.15, 0.2) is 34.8 Å². The Morgan fingerprint density at radius 1 is 1.24 bits per heavy atom. The van der Waals surface area contributed by atoms with Crippen LogP contribution in [0.25, 0.3) is 0 Å². The lowest BCUT2D eigenvalue weighted by atomic mass is 10.0. The Morgan fingerprint density at radius 2 is 2.00 bits per heavy atom. The maximum Gasteiger partial charge on any atom is 0.124 e. The van der Waals surface area contributed by atoms with E-state index >= 15 is 0 Å². The summed E-state index contributed by atoms with van der Waals surface area (Å²) in [6.07, 6.45) is 0. The van der Waals surface area contributed by atoms with Gasteiger partial charge >= 0.3 is 0 Å². The highest BCUT2D eigenvalue weighted by Gasteiger charge is 2.26. The molecule has 2 heterocycles. The summed E-state index contributed by atoms with van der Waals surface area (Å²) < 4.78 is 15.0. The first-order valence-electron chi connectivity index (χ1n) is 6.80. The predicted octanol–water partition coefficient (Wildman–Crippen LogP) is 4.30. The lowest BCUT2D eigenvalue weighted by Gasteiger charge is -2.35. The summed E-state index contributed by atoms with van der Waals surface area (Å²) in [6.45, 7) is 3.86. The first kappa shape index (κ1) is 15.4. The van der Waals surface area contributed by atoms with Crippen molar-refractivity contribution in [3.05, 3.63) is 55.4 Å². The molecule has 0 spiro atoms. The molecule has 0 amide bonds. The third-order valence-corrected chi connectivity index (χ3v) is 5.61. The zero-order chi connectivity index (χ0) is 14.8. The van der Waals surface area contributed by atoms with E-state index in [0.29, 0.717) is 0 Å². The van der Waals surface area contributed by atoms with E-state index in [-0.39, 0.29) is 11.9 Å². The van der Waals surface area contributed by atoms with Gasteiger partial charge in [-0.15, -0.1) is 11.3 Å². The Labute approximate surface area is 141 Å². The summed E-state index contributed by atoms with van der Waals surface area (Å²) in [5, 5.41) is 3.37. The molecule has 21 heavy (non-hydrogen) atoms. The molecule has 6 heteroatoms. The normalized spacial score (nSPS) is 17.9. The zero-order valence-electron chi connectivity index (χ0n) is 11.3. The van der Waals surface area contributed by atoms with Crippen molar-refractivity contribution < 1.29 is 4.39 Å². The minimum Gasteiger partial charge on any atom is -0.314 e. The van der Waals surface area contributed by atoms with E-state index < -0.39 is 0 Å². The van der Waals surface area contributed by atoms with Gasteiger partial charge in [0.05, 0.1) is 10.4 Å². The van der Waals surface area contributed by atoms with Crippen molar-refractivity contribution >= 4 is 38.9 Å². The molecule has 1 aromatic carbocycles. The van der Waals surface area contributed by atoms with Crippen molar-refractivity contribution in [1.29, 1.82) is 0 Å². The van der Waals surface area contributed by atoms with Gasteiger partial charge in [0.25, 0.3) is 0 Å². The minimum absolute atomic E-state index is 0.111. The first-order chi connectivity index (χ1) is 10.1. The van der Waals surface area contributed by atoms with Gasteiger partial charge < -0.3 is 5.32 Å². The summed E-state index contributed by atoms with van der Waals surface area (Å²) in [6, 6.07) is 9.01. The molecule has 1 aliphatic heterocycles. The fourth-order valence-corrected chi connectivity index (χ4v) is 4.45. The van der Waals surface area contributed by atoms with Gasteiger partial charge in [-0.3, -0.25) is 4.90 Å². The molecule has 0 saturated carbocycles. The number of nitrogens with one attached hydrogen (secondary N) is 1. The Hall–Kier alpha value is -0.460. The number of hydrogen-bond acceptors (Lipinski definition) is 3. The Balaban J connectivity index is 2.02. The molecule has 1 N–H and O–H groups in total. The van der Waals surface area contributed by atoms with E-state index in [1.54, 1.807) is 11.3 Å². The van der Waals surface area contributed by atoms with E-state index in [2.05, 4.69) is 32.2 Å². The Bertz CT molecular complexity index is 628. The van der Waals surface area contributed by atoms with Crippen LogP contribution in [0, 0.1) is 5.82 Å². The van der Waals surface area contributed by atoms with E-state index in [1.165, 1.54) is 17.0 Å². The van der Waals surface area contributed by atoms with Gasteiger partial charge in [0.1, 0.15) is 5.82 Å². The molecule has 1 fully saturated rings. The maximum absolute atomic E-state index is 13.4. The van der Waals surface area contributed by atoms with Gasteiger partial charge in [0.15, 0.2) is 0 Å². The lowest BCUT2D eigenvalue weighted by molar-refractivity contribution is 0.200. The molecule has 1 aromatic heterocycles. The van der Waals surface area contributed by atoms with Crippen molar-refractivity contribution in [1.82, 2.24) is 10.2 Å². The molecule has 0 radical (unpaired) electrons. The van der Waals surface area contributed by atoms with Crippen molar-refractivity contribution in [2.24, 2.45) is 0 Å². The van der Waals surface area contributed by atoms with Crippen LogP contribution < -0.4 is 5.32 Å². The van der Waals surface area contributed by atoms with Crippen LogP contribution in [-0.4, -0.2) is 31.1 Å². The molecule has 0 unspecified atom stereocenters. The van der Waals surface area contributed by atoms with Crippen molar-refractivity contribution in [2.75, 3.05) is 26.2 Å². The van der Waals surface area contributed by atoms with Gasteiger partial charge in [0, 0.05) is 35.5 Å². The molecular formula is C15H15BrClFN2S. The highest BCUT2D eigenvalue weighted by Crippen LogP contribution is 2.38. The van der Waals surface area contributed by atoms with E-state index in [9.17, 15) is 4.39 Å². The molecule has 1 atom stereocenters. The van der Waals surface area contributed by atoms with E-state index in [1.807, 2.05) is 12.1 Å². The third kappa shape index (κ3) is 3.48. The second-order valence-electron chi connectivity index (χ2n) is 5.00. The van der Waals surface area contributed by atoms with Crippen LogP contribution in [-0.2, 0) is 0 Å². The standard InChI is InChI=1S/C15H15BrClFN2S/c16-12-9-10(18)1-2-11(12)15(13-3-4-14(17)21-13)20-7-5-19-6-8-20/h1-4,9,15,19H,5-8H2/t15-/m0/s1. The van der Waals surface area contributed by atoms with Crippen LogP contribution in [0.3, 0.4) is 0 Å². The molecule has 3 rings (SSSR count). The van der Waals surface area contributed by atoms with Gasteiger partial charge in [-0.2, -0.15) is 0 Å². The van der Waals surface area contributed by atoms with Crippen molar-refractivity contribution in [3.63, 3.8) is 0 Å². The molecule has 1 aliphatic rings. The van der Waals surface area contributed by atoms with Crippen LogP contribution in [0.2, 0.25) is 4.34 Å². The number of piperazine rings is 1. The van der Waals surface area contributed by atoms with Gasteiger partial charge in [-0.1, -0.05) is 33.6 Å². The number of halogens is 3. The average molecular weight is 390 g/mol. The monoisotopic (exact) mass is 388 g/mol. The van der Waals surface area contributed by atoms with Crippen LogP contribution in [0.5, 0.6) is 0 Å². The first-order valence-corrected chi connectivity index (χ1v) is 8.79. The lowest BCUT2D eigenvalue weighted by Crippen LogP contribution is -2.45. The summed E-state index contributed by atoms with van der Waals surface area (Å²) in [7, 11) is 0. The molecule has 2 aromatic rings. The van der Waals surface area contributed by atoms with Gasteiger partial charge in [-0.05, 0) is 29.8 Å². The minimum atomic E-state index is -0.228. The van der Waals surface area contributed by atoms with E-state index in [4.69, 9.17) is 11.6 Å². The number of hydrogen-bond donors (Lipinski definition) is 1. The van der Waals surface area contributed by atoms with Crippen LogP contribution in [0.4, 0.5) is 4.39 Å². The SMILES string of the molecule is Fc1ccc([C@@H](c2ccc(Cl)s2)N2CCNCC2)c(Br)c1. The second-order valence-corrected chi connectivity index (χ2v) is 7.60. The second kappa shape index (κ2) is 6.75. The number of nitrogens with zero attached hydrogens (tertiary/aromatic N) is 1. The topological polar surface area (TPSA) is 15.3 Å². The summed E-state index contributed by atoms with van der Waals surface area (Å²) >= 11 is 11.2. The van der Waals surface area contributed by atoms with E-state index in [0.717, 1.165) is 40.6 Å². The predicted molar refractivity (Wildman–Crippen MR) is 89.7 cm³/mol. The molecule has 0 bridgehead atoms. The van der Waals surface area contributed by atoms with Crippen molar-refractivity contribution in [2.45, 2.75) is 6.04 Å². The Kier molecular flexibility index (Phi) is 4.96. The number of rotatable bonds is 3. The van der Waals surface area contributed by atoms with Gasteiger partial charge in [-0.25, -0.2) is 4.39 Å². The Morgan fingerprint density at radius 3 is 2.62 bits per heavy atom. The fourth-order valence-electron chi connectivity index (χ4n) is 2.67. The average Bonchev–Trinajstić information content (AvgIpc) is 2.89. The quantitative estimate of drug-likeness (QED) is 0.842.